The molecule has 0 aromatic heterocycles. The van der Waals surface area contributed by atoms with E-state index in [4.69, 9.17) is 4.74 Å². The van der Waals surface area contributed by atoms with Crippen molar-refractivity contribution in [1.29, 1.82) is 0 Å². The molecule has 2 aromatic carbocycles. The number of aryl methyl sites for hydroxylation is 2. The number of ketones is 1. The number of amides is 1. The van der Waals surface area contributed by atoms with Crippen LogP contribution >= 0.6 is 0 Å². The predicted molar refractivity (Wildman–Crippen MR) is 84.5 cm³/mol. The second kappa shape index (κ2) is 5.64. The fraction of sp³-hybridized carbons (Fsp3) is 0.222. The first-order chi connectivity index (χ1) is 10.6. The molecule has 0 bridgehead atoms. The molecule has 112 valence electrons. The Morgan fingerprint density at radius 2 is 1.91 bits per heavy atom. The van der Waals surface area contributed by atoms with Gasteiger partial charge in [-0.2, -0.15) is 0 Å². The lowest BCUT2D eigenvalue weighted by atomic mass is 10.0. The van der Waals surface area contributed by atoms with Crippen molar-refractivity contribution >= 4 is 17.4 Å². The lowest BCUT2D eigenvalue weighted by molar-refractivity contribution is -0.121. The molecule has 2 aromatic rings. The van der Waals surface area contributed by atoms with Crippen molar-refractivity contribution in [2.24, 2.45) is 0 Å². The van der Waals surface area contributed by atoms with Gasteiger partial charge in [-0.15, -0.1) is 0 Å². The van der Waals surface area contributed by atoms with Gasteiger partial charge in [0, 0.05) is 5.56 Å². The number of carbonyl (C=O) groups excluding carboxylic acids is 2. The van der Waals surface area contributed by atoms with E-state index in [1.807, 2.05) is 44.2 Å². The van der Waals surface area contributed by atoms with Crippen LogP contribution in [0.25, 0.3) is 0 Å². The lowest BCUT2D eigenvalue weighted by Crippen LogP contribution is -2.42. The van der Waals surface area contributed by atoms with Crippen LogP contribution in [-0.2, 0) is 4.79 Å². The average molecular weight is 295 g/mol. The Hall–Kier alpha value is -2.62. The third kappa shape index (κ3) is 2.60. The summed E-state index contributed by atoms with van der Waals surface area (Å²) in [6.07, 6.45) is 0. The largest absolute Gasteiger partial charge is 0.482 e. The lowest BCUT2D eigenvalue weighted by Gasteiger charge is -2.28. The molecule has 0 aliphatic carbocycles. The third-order valence-electron chi connectivity index (χ3n) is 3.94. The number of rotatable bonds is 3. The Morgan fingerprint density at radius 1 is 1.14 bits per heavy atom. The highest BCUT2D eigenvalue weighted by molar-refractivity contribution is 6.07. The summed E-state index contributed by atoms with van der Waals surface area (Å²) in [5.74, 6) is 0.360. The topological polar surface area (TPSA) is 46.6 Å². The molecule has 1 amide bonds. The van der Waals surface area contributed by atoms with Gasteiger partial charge in [-0.1, -0.05) is 24.3 Å². The molecule has 0 fully saturated rings. The van der Waals surface area contributed by atoms with Gasteiger partial charge in [-0.25, -0.2) is 0 Å². The fourth-order valence-electron chi connectivity index (χ4n) is 2.48. The first-order valence-corrected chi connectivity index (χ1v) is 7.19. The Morgan fingerprint density at radius 3 is 2.68 bits per heavy atom. The van der Waals surface area contributed by atoms with Gasteiger partial charge in [-0.3, -0.25) is 14.5 Å². The van der Waals surface area contributed by atoms with Crippen LogP contribution in [0.5, 0.6) is 5.75 Å². The highest BCUT2D eigenvalue weighted by Gasteiger charge is 2.27. The van der Waals surface area contributed by atoms with Gasteiger partial charge in [0.25, 0.3) is 5.91 Å². The van der Waals surface area contributed by atoms with E-state index in [1.165, 1.54) is 4.90 Å². The van der Waals surface area contributed by atoms with Crippen LogP contribution in [0.2, 0.25) is 0 Å². The number of hydrogen-bond donors (Lipinski definition) is 0. The molecule has 1 heterocycles. The highest BCUT2D eigenvalue weighted by Crippen LogP contribution is 2.31. The second-order valence-electron chi connectivity index (χ2n) is 5.46. The van der Waals surface area contributed by atoms with Crippen LogP contribution < -0.4 is 9.64 Å². The average Bonchev–Trinajstić information content (AvgIpc) is 2.52. The van der Waals surface area contributed by atoms with Crippen molar-refractivity contribution < 1.29 is 14.3 Å². The summed E-state index contributed by atoms with van der Waals surface area (Å²) in [5, 5.41) is 0. The summed E-state index contributed by atoms with van der Waals surface area (Å²) in [4.78, 5) is 26.1. The smallest absolute Gasteiger partial charge is 0.265 e. The molecule has 4 heteroatoms. The summed E-state index contributed by atoms with van der Waals surface area (Å²) in [5.41, 5.74) is 3.49. The molecule has 0 saturated carbocycles. The van der Waals surface area contributed by atoms with E-state index in [0.29, 0.717) is 17.0 Å². The van der Waals surface area contributed by atoms with Crippen molar-refractivity contribution in [2.45, 2.75) is 13.8 Å². The molecule has 1 aliphatic rings. The van der Waals surface area contributed by atoms with Crippen molar-refractivity contribution in [3.8, 4) is 5.75 Å². The SMILES string of the molecule is Cc1ccc(C(=O)CN2C(=O)COc3ccccc32)cc1C. The maximum atomic E-state index is 12.5. The molecule has 0 atom stereocenters. The molecular formula is C18H17NO3. The minimum absolute atomic E-state index is 0.0295. The molecule has 0 spiro atoms. The summed E-state index contributed by atoms with van der Waals surface area (Å²) in [6, 6.07) is 12.9. The molecular weight excluding hydrogens is 278 g/mol. The van der Waals surface area contributed by atoms with Crippen molar-refractivity contribution in [1.82, 2.24) is 0 Å². The number of anilines is 1. The second-order valence-corrected chi connectivity index (χ2v) is 5.46. The van der Waals surface area contributed by atoms with Gasteiger partial charge < -0.3 is 4.74 Å². The number of Topliss-reactive ketones (excluding diaryl/α,β-unsaturated/α-hetero) is 1. The number of benzene rings is 2. The zero-order valence-electron chi connectivity index (χ0n) is 12.6. The quantitative estimate of drug-likeness (QED) is 0.818. The summed E-state index contributed by atoms with van der Waals surface area (Å²) in [7, 11) is 0. The minimum atomic E-state index is -0.198. The maximum Gasteiger partial charge on any atom is 0.265 e. The van der Waals surface area contributed by atoms with Gasteiger partial charge >= 0.3 is 0 Å². The van der Waals surface area contributed by atoms with Crippen LogP contribution in [0, 0.1) is 13.8 Å². The molecule has 0 N–H and O–H groups in total. The summed E-state index contributed by atoms with van der Waals surface area (Å²) in [6.45, 7) is 3.98. The van der Waals surface area contributed by atoms with Crippen LogP contribution in [0.1, 0.15) is 21.5 Å². The van der Waals surface area contributed by atoms with Gasteiger partial charge in [-0.05, 0) is 43.2 Å². The number of nitrogens with zero attached hydrogens (tertiary/aromatic N) is 1. The van der Waals surface area contributed by atoms with Gasteiger partial charge in [0.05, 0.1) is 12.2 Å². The molecule has 3 rings (SSSR count). The molecule has 0 unspecified atom stereocenters. The van der Waals surface area contributed by atoms with Gasteiger partial charge in [0.1, 0.15) is 5.75 Å². The van der Waals surface area contributed by atoms with E-state index in [9.17, 15) is 9.59 Å². The molecule has 1 aliphatic heterocycles. The summed E-state index contributed by atoms with van der Waals surface area (Å²) < 4.78 is 5.39. The normalized spacial score (nSPS) is 13.5. The van der Waals surface area contributed by atoms with Gasteiger partial charge in [0.2, 0.25) is 0 Å². The van der Waals surface area contributed by atoms with Crippen molar-refractivity contribution in [3.05, 3.63) is 59.2 Å². The molecule has 4 nitrogen and oxygen atoms in total. The fourth-order valence-corrected chi connectivity index (χ4v) is 2.48. The Bertz CT molecular complexity index is 752. The van der Waals surface area contributed by atoms with E-state index in [0.717, 1.165) is 11.1 Å². The van der Waals surface area contributed by atoms with Gasteiger partial charge in [0.15, 0.2) is 12.4 Å². The van der Waals surface area contributed by atoms with Crippen LogP contribution in [-0.4, -0.2) is 24.8 Å². The van der Waals surface area contributed by atoms with E-state index in [2.05, 4.69) is 0 Å². The third-order valence-corrected chi connectivity index (χ3v) is 3.94. The number of fused-ring (bicyclic) bond motifs is 1. The van der Waals surface area contributed by atoms with Crippen LogP contribution in [0.15, 0.2) is 42.5 Å². The maximum absolute atomic E-state index is 12.5. The summed E-state index contributed by atoms with van der Waals surface area (Å²) >= 11 is 0. The minimum Gasteiger partial charge on any atom is -0.482 e. The molecule has 22 heavy (non-hydrogen) atoms. The number of para-hydroxylation sites is 2. The van der Waals surface area contributed by atoms with E-state index in [-0.39, 0.29) is 24.8 Å². The van der Waals surface area contributed by atoms with E-state index in [1.54, 1.807) is 12.1 Å². The number of ether oxygens (including phenoxy) is 1. The zero-order valence-corrected chi connectivity index (χ0v) is 12.6. The zero-order chi connectivity index (χ0) is 15.7. The Labute approximate surface area is 129 Å². The van der Waals surface area contributed by atoms with Crippen molar-refractivity contribution in [3.63, 3.8) is 0 Å². The van der Waals surface area contributed by atoms with Crippen LogP contribution in [0.3, 0.4) is 0 Å². The Kier molecular flexibility index (Phi) is 3.67. The van der Waals surface area contributed by atoms with E-state index >= 15 is 0 Å². The number of hydrogen-bond acceptors (Lipinski definition) is 3. The highest BCUT2D eigenvalue weighted by atomic mass is 16.5. The predicted octanol–water partition coefficient (Wildman–Crippen LogP) is 2.91. The molecule has 0 radical (unpaired) electrons. The van der Waals surface area contributed by atoms with Crippen LogP contribution in [0.4, 0.5) is 5.69 Å². The monoisotopic (exact) mass is 295 g/mol. The first-order valence-electron chi connectivity index (χ1n) is 7.19. The Balaban J connectivity index is 1.87. The molecule has 0 saturated heterocycles. The standard InChI is InChI=1S/C18H17NO3/c1-12-7-8-14(9-13(12)2)16(20)10-19-15-5-3-4-6-17(15)22-11-18(19)21/h3-9H,10-11H2,1-2H3. The number of carbonyl (C=O) groups is 2. The van der Waals surface area contributed by atoms with Crippen molar-refractivity contribution in [2.75, 3.05) is 18.1 Å². The first kappa shape index (κ1) is 14.3. The van der Waals surface area contributed by atoms with E-state index < -0.39 is 0 Å².